The van der Waals surface area contributed by atoms with Crippen LogP contribution in [0, 0.1) is 10.1 Å². The second-order valence-corrected chi connectivity index (χ2v) is 5.48. The molecule has 0 bridgehead atoms. The SMILES string of the molecule is COc1ccc(Oc2ncnc(Nc3ccc(Cl)cc3)c2[N+](=O)[O-])cc1. The minimum Gasteiger partial charge on any atom is -0.497 e. The van der Waals surface area contributed by atoms with E-state index >= 15 is 0 Å². The highest BCUT2D eigenvalue weighted by Gasteiger charge is 2.25. The average Bonchev–Trinajstić information content (AvgIpc) is 2.64. The number of anilines is 2. The molecule has 0 saturated carbocycles. The summed E-state index contributed by atoms with van der Waals surface area (Å²) >= 11 is 5.84. The third kappa shape index (κ3) is 3.98. The highest BCUT2D eigenvalue weighted by Crippen LogP contribution is 2.35. The highest BCUT2D eigenvalue weighted by atomic mass is 35.5. The summed E-state index contributed by atoms with van der Waals surface area (Å²) in [5, 5.41) is 15.0. The van der Waals surface area contributed by atoms with Crippen molar-refractivity contribution in [1.82, 2.24) is 9.97 Å². The van der Waals surface area contributed by atoms with E-state index < -0.39 is 4.92 Å². The van der Waals surface area contributed by atoms with E-state index in [0.717, 1.165) is 0 Å². The van der Waals surface area contributed by atoms with E-state index in [9.17, 15) is 10.1 Å². The van der Waals surface area contributed by atoms with Gasteiger partial charge in [0.05, 0.1) is 12.0 Å². The molecule has 0 atom stereocenters. The summed E-state index contributed by atoms with van der Waals surface area (Å²) in [5.41, 5.74) is 0.213. The number of methoxy groups -OCH3 is 1. The van der Waals surface area contributed by atoms with Crippen LogP contribution >= 0.6 is 11.6 Å². The molecule has 3 rings (SSSR count). The lowest BCUT2D eigenvalue weighted by atomic mass is 10.3. The molecule has 1 aromatic heterocycles. The Kier molecular flexibility index (Phi) is 5.14. The summed E-state index contributed by atoms with van der Waals surface area (Å²) in [4.78, 5) is 18.8. The predicted octanol–water partition coefficient (Wildman–Crippen LogP) is 4.58. The topological polar surface area (TPSA) is 99.4 Å². The first-order valence-electron chi connectivity index (χ1n) is 7.40. The number of halogens is 1. The van der Waals surface area contributed by atoms with Crippen molar-refractivity contribution >= 4 is 28.8 Å². The lowest BCUT2D eigenvalue weighted by molar-refractivity contribution is -0.385. The Balaban J connectivity index is 1.92. The van der Waals surface area contributed by atoms with Crippen LogP contribution in [0.2, 0.25) is 5.02 Å². The zero-order chi connectivity index (χ0) is 18.5. The van der Waals surface area contributed by atoms with E-state index in [0.29, 0.717) is 22.2 Å². The first kappa shape index (κ1) is 17.4. The zero-order valence-corrected chi connectivity index (χ0v) is 14.3. The Morgan fingerprint density at radius 1 is 1.04 bits per heavy atom. The van der Waals surface area contributed by atoms with Gasteiger partial charge in [-0.2, -0.15) is 4.98 Å². The molecule has 9 heteroatoms. The van der Waals surface area contributed by atoms with Gasteiger partial charge in [0.2, 0.25) is 5.82 Å². The molecule has 2 aromatic carbocycles. The fourth-order valence-corrected chi connectivity index (χ4v) is 2.24. The summed E-state index contributed by atoms with van der Waals surface area (Å²) in [6.45, 7) is 0. The molecule has 0 spiro atoms. The van der Waals surface area contributed by atoms with Crippen LogP contribution < -0.4 is 14.8 Å². The van der Waals surface area contributed by atoms with Gasteiger partial charge in [-0.15, -0.1) is 0 Å². The van der Waals surface area contributed by atoms with E-state index in [1.165, 1.54) is 6.33 Å². The van der Waals surface area contributed by atoms with Crippen LogP contribution in [0.5, 0.6) is 17.4 Å². The predicted molar refractivity (Wildman–Crippen MR) is 96.5 cm³/mol. The average molecular weight is 373 g/mol. The van der Waals surface area contributed by atoms with Crippen molar-refractivity contribution in [2.75, 3.05) is 12.4 Å². The molecule has 0 aliphatic rings. The summed E-state index contributed by atoms with van der Waals surface area (Å²) in [7, 11) is 1.54. The summed E-state index contributed by atoms with van der Waals surface area (Å²) in [6, 6.07) is 13.3. The van der Waals surface area contributed by atoms with Gasteiger partial charge in [-0.05, 0) is 48.5 Å². The third-order valence-electron chi connectivity index (χ3n) is 3.35. The monoisotopic (exact) mass is 372 g/mol. The van der Waals surface area contributed by atoms with Crippen LogP contribution in [-0.2, 0) is 0 Å². The molecule has 8 nitrogen and oxygen atoms in total. The molecule has 26 heavy (non-hydrogen) atoms. The van der Waals surface area contributed by atoms with Crippen molar-refractivity contribution < 1.29 is 14.4 Å². The normalized spacial score (nSPS) is 10.2. The number of aromatic nitrogens is 2. The molecule has 0 aliphatic heterocycles. The van der Waals surface area contributed by atoms with Crippen LogP contribution in [0.1, 0.15) is 0 Å². The number of benzene rings is 2. The summed E-state index contributed by atoms with van der Waals surface area (Å²) < 4.78 is 10.6. The Hall–Kier alpha value is -3.39. The summed E-state index contributed by atoms with van der Waals surface area (Å²) in [5.74, 6) is 0.854. The largest absolute Gasteiger partial charge is 0.497 e. The van der Waals surface area contributed by atoms with Crippen molar-refractivity contribution in [3.63, 3.8) is 0 Å². The molecule has 0 aliphatic carbocycles. The molecular weight excluding hydrogens is 360 g/mol. The molecule has 0 amide bonds. The van der Waals surface area contributed by atoms with Gasteiger partial charge in [0.15, 0.2) is 0 Å². The second kappa shape index (κ2) is 7.66. The first-order chi connectivity index (χ1) is 12.6. The maximum absolute atomic E-state index is 11.5. The molecule has 132 valence electrons. The molecule has 1 heterocycles. The van der Waals surface area contributed by atoms with Crippen molar-refractivity contribution in [3.8, 4) is 17.4 Å². The van der Waals surface area contributed by atoms with E-state index in [-0.39, 0.29) is 17.4 Å². The number of hydrogen-bond donors (Lipinski definition) is 1. The molecule has 0 radical (unpaired) electrons. The fourth-order valence-electron chi connectivity index (χ4n) is 2.12. The fraction of sp³-hybridized carbons (Fsp3) is 0.0588. The van der Waals surface area contributed by atoms with Crippen LogP contribution in [0.3, 0.4) is 0 Å². The van der Waals surface area contributed by atoms with Gasteiger partial charge in [0, 0.05) is 10.7 Å². The van der Waals surface area contributed by atoms with E-state index in [4.69, 9.17) is 21.1 Å². The smallest absolute Gasteiger partial charge is 0.373 e. The van der Waals surface area contributed by atoms with Gasteiger partial charge in [-0.25, -0.2) is 4.98 Å². The quantitative estimate of drug-likeness (QED) is 0.499. The zero-order valence-electron chi connectivity index (χ0n) is 13.5. The lowest BCUT2D eigenvalue weighted by Gasteiger charge is -2.09. The van der Waals surface area contributed by atoms with Crippen molar-refractivity contribution in [3.05, 3.63) is 70.0 Å². The highest BCUT2D eigenvalue weighted by molar-refractivity contribution is 6.30. The second-order valence-electron chi connectivity index (χ2n) is 5.04. The number of nitrogens with one attached hydrogen (secondary N) is 1. The molecular formula is C17H13ClN4O4. The minimum atomic E-state index is -0.600. The Labute approximate surface area is 153 Å². The van der Waals surface area contributed by atoms with Crippen molar-refractivity contribution in [1.29, 1.82) is 0 Å². The lowest BCUT2D eigenvalue weighted by Crippen LogP contribution is -2.03. The maximum atomic E-state index is 11.5. The van der Waals surface area contributed by atoms with Gasteiger partial charge in [0.1, 0.15) is 17.8 Å². The minimum absolute atomic E-state index is 0.0100. The maximum Gasteiger partial charge on any atom is 0.373 e. The summed E-state index contributed by atoms with van der Waals surface area (Å²) in [6.07, 6.45) is 1.18. The molecule has 0 unspecified atom stereocenters. The van der Waals surface area contributed by atoms with Crippen LogP contribution in [-0.4, -0.2) is 22.0 Å². The van der Waals surface area contributed by atoms with Gasteiger partial charge >= 0.3 is 11.6 Å². The van der Waals surface area contributed by atoms with Gasteiger partial charge in [-0.3, -0.25) is 10.1 Å². The standard InChI is InChI=1S/C17H13ClN4O4/c1-25-13-6-8-14(9-7-13)26-17-15(22(23)24)16(19-10-20-17)21-12-4-2-11(18)3-5-12/h2-10H,1H3,(H,19,20,21). The van der Waals surface area contributed by atoms with E-state index in [1.807, 2.05) is 0 Å². The van der Waals surface area contributed by atoms with Crippen LogP contribution in [0.25, 0.3) is 0 Å². The number of rotatable bonds is 6. The number of hydrogen-bond acceptors (Lipinski definition) is 7. The first-order valence-corrected chi connectivity index (χ1v) is 7.78. The molecule has 0 saturated heterocycles. The Morgan fingerprint density at radius 2 is 1.69 bits per heavy atom. The van der Waals surface area contributed by atoms with Crippen LogP contribution in [0.4, 0.5) is 17.2 Å². The molecule has 0 fully saturated rings. The van der Waals surface area contributed by atoms with Crippen molar-refractivity contribution in [2.24, 2.45) is 0 Å². The number of nitro groups is 1. The number of nitrogens with zero attached hydrogens (tertiary/aromatic N) is 3. The van der Waals surface area contributed by atoms with Gasteiger partial charge in [0.25, 0.3) is 0 Å². The van der Waals surface area contributed by atoms with Gasteiger partial charge < -0.3 is 14.8 Å². The Morgan fingerprint density at radius 3 is 2.31 bits per heavy atom. The molecule has 1 N–H and O–H groups in total. The van der Waals surface area contributed by atoms with Crippen LogP contribution in [0.15, 0.2) is 54.9 Å². The van der Waals surface area contributed by atoms with Gasteiger partial charge in [-0.1, -0.05) is 11.6 Å². The van der Waals surface area contributed by atoms with E-state index in [2.05, 4.69) is 15.3 Å². The van der Waals surface area contributed by atoms with Crippen molar-refractivity contribution in [2.45, 2.75) is 0 Å². The molecule has 3 aromatic rings. The van der Waals surface area contributed by atoms with E-state index in [1.54, 1.807) is 55.6 Å². The third-order valence-corrected chi connectivity index (χ3v) is 3.60. The Bertz CT molecular complexity index is 917. The number of ether oxygens (including phenoxy) is 2.